The molecule has 1 unspecified atom stereocenters. The summed E-state index contributed by atoms with van der Waals surface area (Å²) in [6.07, 6.45) is 4.51. The van der Waals surface area contributed by atoms with Crippen molar-refractivity contribution < 1.29 is 0 Å². The van der Waals surface area contributed by atoms with Crippen LogP contribution in [0.5, 0.6) is 0 Å². The lowest BCUT2D eigenvalue weighted by Crippen LogP contribution is -2.30. The van der Waals surface area contributed by atoms with Gasteiger partial charge in [0.05, 0.1) is 6.54 Å². The van der Waals surface area contributed by atoms with Crippen LogP contribution in [0.1, 0.15) is 19.2 Å². The molecule has 1 heterocycles. The Morgan fingerprint density at radius 3 is 2.69 bits per heavy atom. The average Bonchev–Trinajstić information content (AvgIpc) is 2.21. The molecule has 0 aromatic carbocycles. The molecule has 0 aliphatic heterocycles. The number of alkyl halides is 1. The molecule has 1 atom stereocenters. The lowest BCUT2D eigenvalue weighted by atomic mass is 10.2. The fourth-order valence-electron chi connectivity index (χ4n) is 0.965. The minimum absolute atomic E-state index is 0.352. The molecule has 3 nitrogen and oxygen atoms in total. The molecule has 13 heavy (non-hydrogen) atoms. The summed E-state index contributed by atoms with van der Waals surface area (Å²) >= 11 is 5.73. The van der Waals surface area contributed by atoms with Gasteiger partial charge in [0.25, 0.3) is 0 Å². The highest BCUT2D eigenvalue weighted by atomic mass is 35.5. The van der Waals surface area contributed by atoms with Crippen molar-refractivity contribution in [3.8, 4) is 0 Å². The maximum absolute atomic E-state index is 5.73. The average molecular weight is 200 g/mol. The number of rotatable bonds is 5. The molecule has 1 aromatic heterocycles. The van der Waals surface area contributed by atoms with Gasteiger partial charge in [-0.15, -0.1) is 11.6 Å². The van der Waals surface area contributed by atoms with E-state index in [1.54, 1.807) is 12.4 Å². The van der Waals surface area contributed by atoms with Crippen molar-refractivity contribution in [3.63, 3.8) is 0 Å². The quantitative estimate of drug-likeness (QED) is 0.732. The lowest BCUT2D eigenvalue weighted by molar-refractivity contribution is 0.527. The van der Waals surface area contributed by atoms with Crippen LogP contribution in [0.2, 0.25) is 0 Å². The van der Waals surface area contributed by atoms with Crippen molar-refractivity contribution in [2.45, 2.75) is 25.9 Å². The first-order chi connectivity index (χ1) is 6.36. The Kier molecular flexibility index (Phi) is 4.72. The molecule has 0 fully saturated rings. The summed E-state index contributed by atoms with van der Waals surface area (Å²) < 4.78 is 0. The highest BCUT2D eigenvalue weighted by Crippen LogP contribution is 1.95. The summed E-state index contributed by atoms with van der Waals surface area (Å²) in [6.45, 7) is 2.79. The second kappa shape index (κ2) is 5.89. The molecule has 0 aliphatic rings. The van der Waals surface area contributed by atoms with Crippen molar-refractivity contribution in [2.24, 2.45) is 0 Å². The fraction of sp³-hybridized carbons (Fsp3) is 0.556. The van der Waals surface area contributed by atoms with Gasteiger partial charge in [0.15, 0.2) is 0 Å². The number of nitrogens with one attached hydrogen (secondary N) is 1. The zero-order chi connectivity index (χ0) is 9.52. The number of hydrogen-bond acceptors (Lipinski definition) is 3. The van der Waals surface area contributed by atoms with Crippen LogP contribution < -0.4 is 5.32 Å². The molecule has 72 valence electrons. The Bertz CT molecular complexity index is 224. The first-order valence-corrected chi connectivity index (χ1v) is 4.95. The molecular formula is C9H14ClN3. The molecule has 0 radical (unpaired) electrons. The van der Waals surface area contributed by atoms with E-state index in [-0.39, 0.29) is 0 Å². The molecule has 0 spiro atoms. The lowest BCUT2D eigenvalue weighted by Gasteiger charge is -2.12. The Balaban J connectivity index is 2.34. The predicted molar refractivity (Wildman–Crippen MR) is 53.7 cm³/mol. The monoisotopic (exact) mass is 199 g/mol. The van der Waals surface area contributed by atoms with Crippen LogP contribution in [0.3, 0.4) is 0 Å². The Morgan fingerprint density at radius 1 is 1.46 bits per heavy atom. The second-order valence-electron chi connectivity index (χ2n) is 2.81. The Labute approximate surface area is 83.5 Å². The normalized spacial score (nSPS) is 12.8. The van der Waals surface area contributed by atoms with Crippen molar-refractivity contribution >= 4 is 11.6 Å². The van der Waals surface area contributed by atoms with Gasteiger partial charge >= 0.3 is 0 Å². The largest absolute Gasteiger partial charge is 0.306 e. The van der Waals surface area contributed by atoms with E-state index in [0.717, 1.165) is 12.2 Å². The minimum atomic E-state index is 0.352. The summed E-state index contributed by atoms with van der Waals surface area (Å²) in [5, 5.41) is 3.28. The summed E-state index contributed by atoms with van der Waals surface area (Å²) in [6, 6.07) is 2.16. The zero-order valence-corrected chi connectivity index (χ0v) is 8.46. The van der Waals surface area contributed by atoms with Gasteiger partial charge in [-0.3, -0.25) is 0 Å². The first-order valence-electron chi connectivity index (χ1n) is 4.42. The van der Waals surface area contributed by atoms with Crippen LogP contribution in [0, 0.1) is 0 Å². The summed E-state index contributed by atoms with van der Waals surface area (Å²) in [5.41, 5.74) is 0. The van der Waals surface area contributed by atoms with E-state index in [1.165, 1.54) is 0 Å². The van der Waals surface area contributed by atoms with Crippen LogP contribution >= 0.6 is 11.6 Å². The van der Waals surface area contributed by atoms with Crippen molar-refractivity contribution in [1.82, 2.24) is 15.3 Å². The molecular weight excluding hydrogens is 186 g/mol. The number of nitrogens with zero attached hydrogens (tertiary/aromatic N) is 2. The highest BCUT2D eigenvalue weighted by molar-refractivity contribution is 6.18. The van der Waals surface area contributed by atoms with E-state index in [0.29, 0.717) is 18.5 Å². The van der Waals surface area contributed by atoms with E-state index in [1.807, 2.05) is 6.07 Å². The van der Waals surface area contributed by atoms with Crippen LogP contribution in [0.15, 0.2) is 18.5 Å². The number of hydrogen-bond donors (Lipinski definition) is 1. The summed E-state index contributed by atoms with van der Waals surface area (Å²) in [7, 11) is 0. The van der Waals surface area contributed by atoms with E-state index in [2.05, 4.69) is 22.2 Å². The third-order valence-corrected chi connectivity index (χ3v) is 2.22. The molecule has 0 saturated carbocycles. The molecule has 1 rings (SSSR count). The van der Waals surface area contributed by atoms with Gasteiger partial charge in [0.1, 0.15) is 5.82 Å². The van der Waals surface area contributed by atoms with Gasteiger partial charge in [0.2, 0.25) is 0 Å². The summed E-state index contributed by atoms with van der Waals surface area (Å²) in [5.74, 6) is 1.44. The highest BCUT2D eigenvalue weighted by Gasteiger charge is 2.03. The maximum Gasteiger partial charge on any atom is 0.141 e. The fourth-order valence-corrected chi connectivity index (χ4v) is 1.29. The molecule has 1 N–H and O–H groups in total. The third kappa shape index (κ3) is 3.70. The van der Waals surface area contributed by atoms with Gasteiger partial charge in [0, 0.05) is 24.3 Å². The molecule has 0 aliphatic carbocycles. The smallest absolute Gasteiger partial charge is 0.141 e. The first kappa shape index (κ1) is 10.4. The molecule has 0 bridgehead atoms. The molecule has 4 heteroatoms. The van der Waals surface area contributed by atoms with Crippen molar-refractivity contribution in [1.29, 1.82) is 0 Å². The number of aromatic nitrogens is 2. The van der Waals surface area contributed by atoms with Crippen molar-refractivity contribution in [3.05, 3.63) is 24.3 Å². The maximum atomic E-state index is 5.73. The van der Waals surface area contributed by atoms with Gasteiger partial charge in [-0.25, -0.2) is 9.97 Å². The van der Waals surface area contributed by atoms with Crippen LogP contribution in [0.25, 0.3) is 0 Å². The van der Waals surface area contributed by atoms with Crippen molar-refractivity contribution in [2.75, 3.05) is 5.88 Å². The van der Waals surface area contributed by atoms with E-state index in [4.69, 9.17) is 11.6 Å². The van der Waals surface area contributed by atoms with Gasteiger partial charge in [-0.1, -0.05) is 6.92 Å². The molecule has 0 amide bonds. The third-order valence-electron chi connectivity index (χ3n) is 1.85. The van der Waals surface area contributed by atoms with E-state index >= 15 is 0 Å². The zero-order valence-electron chi connectivity index (χ0n) is 7.70. The molecule has 0 saturated heterocycles. The Hall–Kier alpha value is -0.670. The minimum Gasteiger partial charge on any atom is -0.306 e. The number of halogens is 1. The predicted octanol–water partition coefficient (Wildman–Crippen LogP) is 1.58. The van der Waals surface area contributed by atoms with Crippen LogP contribution in [-0.2, 0) is 6.54 Å². The van der Waals surface area contributed by atoms with Gasteiger partial charge in [-0.05, 0) is 12.5 Å². The van der Waals surface area contributed by atoms with Gasteiger partial charge in [-0.2, -0.15) is 0 Å². The van der Waals surface area contributed by atoms with Crippen LogP contribution in [0.4, 0.5) is 0 Å². The van der Waals surface area contributed by atoms with Gasteiger partial charge < -0.3 is 5.32 Å². The van der Waals surface area contributed by atoms with E-state index < -0.39 is 0 Å². The van der Waals surface area contributed by atoms with E-state index in [9.17, 15) is 0 Å². The Morgan fingerprint density at radius 2 is 2.15 bits per heavy atom. The standard InChI is InChI=1S/C9H14ClN3/c1-2-8(6-10)13-7-9-11-4-3-5-12-9/h3-5,8,13H,2,6-7H2,1H3. The topological polar surface area (TPSA) is 37.8 Å². The van der Waals surface area contributed by atoms with Crippen LogP contribution in [-0.4, -0.2) is 21.9 Å². The molecule has 1 aromatic rings. The second-order valence-corrected chi connectivity index (χ2v) is 3.11. The SMILES string of the molecule is CCC(CCl)NCc1ncccn1. The summed E-state index contributed by atoms with van der Waals surface area (Å²) in [4.78, 5) is 8.21.